The molecule has 0 fully saturated rings. The number of rotatable bonds is 6. The summed E-state index contributed by atoms with van der Waals surface area (Å²) in [6.45, 7) is 3.82. The molecule has 0 saturated heterocycles. The van der Waals surface area contributed by atoms with E-state index in [2.05, 4.69) is 10.4 Å². The highest BCUT2D eigenvalue weighted by Gasteiger charge is 2.12. The normalized spacial score (nSPS) is 11.1. The lowest BCUT2D eigenvalue weighted by Gasteiger charge is -2.15. The number of hydrogen-bond acceptors (Lipinski definition) is 4. The van der Waals surface area contributed by atoms with Crippen LogP contribution < -0.4 is 14.8 Å². The molecule has 1 heterocycles. The zero-order valence-electron chi connectivity index (χ0n) is 14.0. The molecule has 2 rings (SSSR count). The maximum atomic E-state index is 11.9. The van der Waals surface area contributed by atoms with Crippen molar-refractivity contribution < 1.29 is 14.3 Å². The highest BCUT2D eigenvalue weighted by atomic mass is 35.5. The Hall–Kier alpha value is -2.47. The van der Waals surface area contributed by atoms with Crippen LogP contribution in [0.25, 0.3) is 6.08 Å². The number of nitrogens with zero attached hydrogens (tertiary/aromatic N) is 2. The number of aromatic nitrogens is 2. The molecule has 24 heavy (non-hydrogen) atoms. The minimum absolute atomic E-state index is 0.0260. The number of hydrogen-bond donors (Lipinski definition) is 1. The van der Waals surface area contributed by atoms with Crippen molar-refractivity contribution in [2.24, 2.45) is 7.05 Å². The van der Waals surface area contributed by atoms with E-state index in [-0.39, 0.29) is 12.0 Å². The molecule has 0 aliphatic rings. The van der Waals surface area contributed by atoms with Gasteiger partial charge in [-0.3, -0.25) is 9.48 Å². The Labute approximate surface area is 146 Å². The summed E-state index contributed by atoms with van der Waals surface area (Å²) in [5, 5.41) is 7.17. The molecule has 1 amide bonds. The average Bonchev–Trinajstić information content (AvgIpc) is 2.92. The lowest BCUT2D eigenvalue weighted by molar-refractivity contribution is -0.111. The first-order valence-corrected chi connectivity index (χ1v) is 7.79. The zero-order chi connectivity index (χ0) is 17.7. The number of benzene rings is 1. The summed E-state index contributed by atoms with van der Waals surface area (Å²) >= 11 is 6.25. The van der Waals surface area contributed by atoms with Crippen LogP contribution in [-0.4, -0.2) is 28.9 Å². The third-order valence-corrected chi connectivity index (χ3v) is 3.28. The van der Waals surface area contributed by atoms with Gasteiger partial charge in [-0.15, -0.1) is 0 Å². The number of anilines is 1. The topological polar surface area (TPSA) is 65.4 Å². The summed E-state index contributed by atoms with van der Waals surface area (Å²) in [5.74, 6) is 1.21. The van der Waals surface area contributed by atoms with Gasteiger partial charge in [0.2, 0.25) is 5.91 Å². The van der Waals surface area contributed by atoms with Crippen LogP contribution in [0.3, 0.4) is 0 Å². The van der Waals surface area contributed by atoms with Gasteiger partial charge in [-0.1, -0.05) is 11.6 Å². The largest absolute Gasteiger partial charge is 0.493 e. The van der Waals surface area contributed by atoms with Crippen LogP contribution in [0.15, 0.2) is 30.5 Å². The Balaban J connectivity index is 2.14. The Morgan fingerprint density at radius 3 is 2.75 bits per heavy atom. The molecule has 1 aromatic carbocycles. The molecule has 7 heteroatoms. The third kappa shape index (κ3) is 4.76. The van der Waals surface area contributed by atoms with Gasteiger partial charge >= 0.3 is 0 Å². The Morgan fingerprint density at radius 1 is 1.42 bits per heavy atom. The van der Waals surface area contributed by atoms with Crippen LogP contribution in [0.1, 0.15) is 19.4 Å². The molecule has 0 spiro atoms. The van der Waals surface area contributed by atoms with E-state index in [0.29, 0.717) is 22.3 Å². The molecule has 1 N–H and O–H groups in total. The predicted molar refractivity (Wildman–Crippen MR) is 94.6 cm³/mol. The lowest BCUT2D eigenvalue weighted by Crippen LogP contribution is -2.08. The maximum Gasteiger partial charge on any atom is 0.249 e. The van der Waals surface area contributed by atoms with E-state index >= 15 is 0 Å². The van der Waals surface area contributed by atoms with Gasteiger partial charge in [0.15, 0.2) is 17.3 Å². The summed E-state index contributed by atoms with van der Waals surface area (Å²) in [6, 6.07) is 5.18. The number of carbonyl (C=O) groups excluding carboxylic acids is 1. The van der Waals surface area contributed by atoms with Gasteiger partial charge in [-0.2, -0.15) is 5.10 Å². The molecule has 1 aromatic heterocycles. The molecule has 0 bridgehead atoms. The van der Waals surface area contributed by atoms with E-state index in [1.54, 1.807) is 49.3 Å². The summed E-state index contributed by atoms with van der Waals surface area (Å²) in [6.07, 6.45) is 4.77. The van der Waals surface area contributed by atoms with Crippen molar-refractivity contribution in [1.82, 2.24) is 9.78 Å². The van der Waals surface area contributed by atoms with E-state index in [4.69, 9.17) is 21.1 Å². The zero-order valence-corrected chi connectivity index (χ0v) is 14.8. The smallest absolute Gasteiger partial charge is 0.249 e. The van der Waals surface area contributed by atoms with Gasteiger partial charge in [0.25, 0.3) is 0 Å². The fourth-order valence-electron chi connectivity index (χ4n) is 2.01. The van der Waals surface area contributed by atoms with Gasteiger partial charge < -0.3 is 14.8 Å². The Morgan fingerprint density at radius 2 is 2.17 bits per heavy atom. The average molecular weight is 350 g/mol. The summed E-state index contributed by atoms with van der Waals surface area (Å²) in [4.78, 5) is 11.9. The van der Waals surface area contributed by atoms with E-state index in [1.165, 1.54) is 6.08 Å². The van der Waals surface area contributed by atoms with Crippen LogP contribution in [0, 0.1) is 0 Å². The van der Waals surface area contributed by atoms with E-state index < -0.39 is 0 Å². The number of methoxy groups -OCH3 is 1. The third-order valence-electron chi connectivity index (χ3n) is 3.00. The SMILES string of the molecule is COc1cc(/C=C/C(=O)Nc2ccn(C)n2)cc(Cl)c1OC(C)C. The van der Waals surface area contributed by atoms with Gasteiger partial charge in [0.1, 0.15) is 0 Å². The quantitative estimate of drug-likeness (QED) is 0.810. The molecule has 0 radical (unpaired) electrons. The van der Waals surface area contributed by atoms with Crippen LogP contribution in [0.2, 0.25) is 5.02 Å². The van der Waals surface area contributed by atoms with Crippen LogP contribution in [-0.2, 0) is 11.8 Å². The minimum Gasteiger partial charge on any atom is -0.493 e. The molecule has 0 aliphatic heterocycles. The summed E-state index contributed by atoms with van der Waals surface area (Å²) in [7, 11) is 3.32. The van der Waals surface area contributed by atoms with Crippen molar-refractivity contribution in [1.29, 1.82) is 0 Å². The fraction of sp³-hybridized carbons (Fsp3) is 0.294. The minimum atomic E-state index is -0.286. The van der Waals surface area contributed by atoms with Gasteiger partial charge in [0.05, 0.1) is 18.2 Å². The molecular weight excluding hydrogens is 330 g/mol. The van der Waals surface area contributed by atoms with Crippen LogP contribution >= 0.6 is 11.6 Å². The first-order chi connectivity index (χ1) is 11.4. The molecule has 6 nitrogen and oxygen atoms in total. The van der Waals surface area contributed by atoms with Crippen molar-refractivity contribution in [3.63, 3.8) is 0 Å². The van der Waals surface area contributed by atoms with Crippen LogP contribution in [0.5, 0.6) is 11.5 Å². The first-order valence-electron chi connectivity index (χ1n) is 7.42. The highest BCUT2D eigenvalue weighted by molar-refractivity contribution is 6.32. The standard InChI is InChI=1S/C17H20ClN3O3/c1-11(2)24-17-13(18)9-12(10-14(17)23-4)5-6-16(22)19-15-7-8-21(3)20-15/h5-11H,1-4H3,(H,19,20,22)/b6-5+. The van der Waals surface area contributed by atoms with Crippen LogP contribution in [0.4, 0.5) is 5.82 Å². The first kappa shape index (κ1) is 17.9. The number of nitrogens with one attached hydrogen (secondary N) is 1. The second-order valence-corrected chi connectivity index (χ2v) is 5.81. The highest BCUT2D eigenvalue weighted by Crippen LogP contribution is 2.37. The van der Waals surface area contributed by atoms with E-state index in [1.807, 2.05) is 13.8 Å². The molecule has 0 saturated carbocycles. The van der Waals surface area contributed by atoms with Crippen molar-refractivity contribution in [3.8, 4) is 11.5 Å². The number of aryl methyl sites for hydroxylation is 1. The second-order valence-electron chi connectivity index (χ2n) is 5.40. The monoisotopic (exact) mass is 349 g/mol. The Bertz CT molecular complexity index is 754. The summed E-state index contributed by atoms with van der Waals surface area (Å²) < 4.78 is 12.6. The number of amides is 1. The van der Waals surface area contributed by atoms with Crippen molar-refractivity contribution in [2.75, 3.05) is 12.4 Å². The lowest BCUT2D eigenvalue weighted by atomic mass is 10.2. The van der Waals surface area contributed by atoms with Gasteiger partial charge in [-0.25, -0.2) is 0 Å². The van der Waals surface area contributed by atoms with E-state index in [0.717, 1.165) is 5.56 Å². The molecule has 0 unspecified atom stereocenters. The second kappa shape index (κ2) is 7.88. The van der Waals surface area contributed by atoms with Crippen molar-refractivity contribution in [2.45, 2.75) is 20.0 Å². The van der Waals surface area contributed by atoms with E-state index in [9.17, 15) is 4.79 Å². The van der Waals surface area contributed by atoms with Gasteiger partial charge in [0, 0.05) is 25.4 Å². The van der Waals surface area contributed by atoms with Crippen molar-refractivity contribution in [3.05, 3.63) is 41.1 Å². The van der Waals surface area contributed by atoms with Crippen molar-refractivity contribution >= 4 is 29.4 Å². The maximum absolute atomic E-state index is 11.9. The summed E-state index contributed by atoms with van der Waals surface area (Å²) in [5.41, 5.74) is 0.726. The molecular formula is C17H20ClN3O3. The number of ether oxygens (including phenoxy) is 2. The Kier molecular flexibility index (Phi) is 5.87. The van der Waals surface area contributed by atoms with Gasteiger partial charge in [-0.05, 0) is 37.6 Å². The number of carbonyl (C=O) groups is 1. The molecule has 2 aromatic rings. The fourth-order valence-corrected chi connectivity index (χ4v) is 2.27. The molecule has 128 valence electrons. The molecule has 0 aliphatic carbocycles. The predicted octanol–water partition coefficient (Wildman–Crippen LogP) is 3.52. The number of halogens is 1. The molecule has 0 atom stereocenters.